The monoisotopic (exact) mass is 350 g/mol. The zero-order chi connectivity index (χ0) is 19.0. The lowest BCUT2D eigenvalue weighted by atomic mass is 10.1. The summed E-state index contributed by atoms with van der Waals surface area (Å²) in [5.41, 5.74) is 2.43. The second-order valence-electron chi connectivity index (χ2n) is 7.20. The van der Waals surface area contributed by atoms with E-state index in [4.69, 9.17) is 4.99 Å². The predicted molar refractivity (Wildman–Crippen MR) is 107 cm³/mol. The molecule has 0 aliphatic heterocycles. The molecule has 1 aromatic heterocycles. The number of aliphatic imine (C=N–C) groups is 1. The Kier molecular flexibility index (Phi) is 8.97. The topological polar surface area (TPSA) is 48.7 Å². The third kappa shape index (κ3) is 6.69. The number of hydrogen-bond donors (Lipinski definition) is 1. The van der Waals surface area contributed by atoms with Crippen LogP contribution in [-0.4, -0.2) is 65.3 Å². The van der Waals surface area contributed by atoms with Crippen LogP contribution in [0.5, 0.6) is 0 Å². The highest BCUT2D eigenvalue weighted by molar-refractivity contribution is 5.79. The van der Waals surface area contributed by atoms with E-state index in [1.165, 1.54) is 17.7 Å². The van der Waals surface area contributed by atoms with Gasteiger partial charge in [0.25, 0.3) is 0 Å². The van der Waals surface area contributed by atoms with Gasteiger partial charge in [-0.1, -0.05) is 20.8 Å². The quantitative estimate of drug-likeness (QED) is 0.549. The van der Waals surface area contributed by atoms with E-state index in [9.17, 15) is 0 Å². The van der Waals surface area contributed by atoms with Gasteiger partial charge in [0, 0.05) is 51.5 Å². The summed E-state index contributed by atoms with van der Waals surface area (Å²) >= 11 is 0. The molecule has 0 spiro atoms. The van der Waals surface area contributed by atoms with Crippen molar-refractivity contribution in [1.82, 2.24) is 24.9 Å². The summed E-state index contributed by atoms with van der Waals surface area (Å²) in [5, 5.41) is 8.01. The summed E-state index contributed by atoms with van der Waals surface area (Å²) in [4.78, 5) is 9.37. The van der Waals surface area contributed by atoms with Gasteiger partial charge in [-0.25, -0.2) is 0 Å². The Labute approximate surface area is 154 Å². The van der Waals surface area contributed by atoms with Gasteiger partial charge in [0.15, 0.2) is 5.96 Å². The Balaban J connectivity index is 2.76. The summed E-state index contributed by atoms with van der Waals surface area (Å²) in [5.74, 6) is 1.38. The van der Waals surface area contributed by atoms with Crippen LogP contribution < -0.4 is 5.32 Å². The third-order valence-electron chi connectivity index (χ3n) is 4.65. The van der Waals surface area contributed by atoms with Gasteiger partial charge in [-0.05, 0) is 33.2 Å². The van der Waals surface area contributed by atoms with E-state index in [0.717, 1.165) is 32.1 Å². The van der Waals surface area contributed by atoms with Gasteiger partial charge < -0.3 is 15.1 Å². The van der Waals surface area contributed by atoms with Crippen LogP contribution in [0.25, 0.3) is 0 Å². The van der Waals surface area contributed by atoms with Gasteiger partial charge in [-0.3, -0.25) is 9.67 Å². The third-order valence-corrected chi connectivity index (χ3v) is 4.65. The number of guanidine groups is 1. The van der Waals surface area contributed by atoms with Crippen LogP contribution in [0.15, 0.2) is 11.2 Å². The Hall–Kier alpha value is -1.56. The number of nitrogens with one attached hydrogen (secondary N) is 1. The molecule has 6 nitrogen and oxygen atoms in total. The van der Waals surface area contributed by atoms with E-state index in [2.05, 4.69) is 75.1 Å². The Morgan fingerprint density at radius 2 is 1.96 bits per heavy atom. The minimum atomic E-state index is 0.424. The van der Waals surface area contributed by atoms with Crippen molar-refractivity contribution in [2.45, 2.75) is 59.5 Å². The van der Waals surface area contributed by atoms with Crippen LogP contribution in [0.3, 0.4) is 0 Å². The van der Waals surface area contributed by atoms with Crippen molar-refractivity contribution in [2.24, 2.45) is 12.0 Å². The molecule has 1 N–H and O–H groups in total. The molecule has 0 bridgehead atoms. The predicted octanol–water partition coefficient (Wildman–Crippen LogP) is 2.67. The second kappa shape index (κ2) is 10.4. The van der Waals surface area contributed by atoms with Crippen LogP contribution in [0, 0.1) is 0 Å². The van der Waals surface area contributed by atoms with Crippen LogP contribution in [0.4, 0.5) is 0 Å². The highest BCUT2D eigenvalue weighted by Crippen LogP contribution is 2.18. The molecule has 1 atom stereocenters. The number of likely N-dealkylation sites (N-methyl/N-ethyl adjacent to an activating group) is 1. The highest BCUT2D eigenvalue weighted by Gasteiger charge is 2.15. The van der Waals surface area contributed by atoms with Gasteiger partial charge in [0.2, 0.25) is 0 Å². The summed E-state index contributed by atoms with van der Waals surface area (Å²) in [7, 11) is 6.25. The van der Waals surface area contributed by atoms with E-state index >= 15 is 0 Å². The van der Waals surface area contributed by atoms with Crippen LogP contribution in [0.1, 0.15) is 58.2 Å². The van der Waals surface area contributed by atoms with Crippen molar-refractivity contribution >= 4 is 5.96 Å². The fourth-order valence-electron chi connectivity index (χ4n) is 2.81. The first-order valence-electron chi connectivity index (χ1n) is 9.52. The maximum Gasteiger partial charge on any atom is 0.194 e. The van der Waals surface area contributed by atoms with Gasteiger partial charge in [-0.15, -0.1) is 0 Å². The first-order chi connectivity index (χ1) is 11.8. The normalized spacial score (nSPS) is 13.6. The van der Waals surface area contributed by atoms with Crippen LogP contribution >= 0.6 is 0 Å². The van der Waals surface area contributed by atoms with E-state index in [0.29, 0.717) is 12.0 Å². The second-order valence-corrected chi connectivity index (χ2v) is 7.20. The van der Waals surface area contributed by atoms with Crippen molar-refractivity contribution < 1.29 is 0 Å². The maximum absolute atomic E-state index is 4.81. The number of nitrogens with zero attached hydrogens (tertiary/aromatic N) is 5. The molecule has 0 aromatic carbocycles. The molecular weight excluding hydrogens is 312 g/mol. The molecule has 6 heteroatoms. The minimum absolute atomic E-state index is 0.424. The largest absolute Gasteiger partial charge is 0.357 e. The van der Waals surface area contributed by atoms with Crippen molar-refractivity contribution in [3.8, 4) is 0 Å². The Morgan fingerprint density at radius 3 is 2.52 bits per heavy atom. The van der Waals surface area contributed by atoms with E-state index < -0.39 is 0 Å². The molecule has 0 aliphatic rings. The van der Waals surface area contributed by atoms with Crippen LogP contribution in [-0.2, 0) is 13.6 Å². The SMILES string of the molecule is CCNC(=NCCN(C)C(C)CC)N(C)Cc1cn(C)nc1C(C)C. The van der Waals surface area contributed by atoms with Gasteiger partial charge >= 0.3 is 0 Å². The zero-order valence-electron chi connectivity index (χ0n) is 17.5. The lowest BCUT2D eigenvalue weighted by molar-refractivity contribution is 0.258. The van der Waals surface area contributed by atoms with Crippen molar-refractivity contribution in [3.63, 3.8) is 0 Å². The van der Waals surface area contributed by atoms with Crippen molar-refractivity contribution in [2.75, 3.05) is 33.7 Å². The zero-order valence-corrected chi connectivity index (χ0v) is 17.5. The summed E-state index contributed by atoms with van der Waals surface area (Å²) < 4.78 is 1.91. The van der Waals surface area contributed by atoms with Crippen LogP contribution in [0.2, 0.25) is 0 Å². The molecule has 144 valence electrons. The summed E-state index contributed by atoms with van der Waals surface area (Å²) in [6, 6.07) is 0.597. The van der Waals surface area contributed by atoms with E-state index in [-0.39, 0.29) is 0 Å². The first-order valence-corrected chi connectivity index (χ1v) is 9.52. The lowest BCUT2D eigenvalue weighted by Crippen LogP contribution is -2.39. The molecule has 1 unspecified atom stereocenters. The Bertz CT molecular complexity index is 534. The first kappa shape index (κ1) is 21.5. The number of hydrogen-bond acceptors (Lipinski definition) is 3. The summed E-state index contributed by atoms with van der Waals surface area (Å²) in [6.45, 7) is 14.4. The molecule has 0 fully saturated rings. The average molecular weight is 351 g/mol. The lowest BCUT2D eigenvalue weighted by Gasteiger charge is -2.24. The smallest absolute Gasteiger partial charge is 0.194 e. The van der Waals surface area contributed by atoms with Crippen molar-refractivity contribution in [3.05, 3.63) is 17.5 Å². The molecule has 0 saturated heterocycles. The molecule has 0 radical (unpaired) electrons. The van der Waals surface area contributed by atoms with E-state index in [1.807, 2.05) is 11.7 Å². The molecule has 0 amide bonds. The fourth-order valence-corrected chi connectivity index (χ4v) is 2.81. The number of aromatic nitrogens is 2. The average Bonchev–Trinajstić information content (AvgIpc) is 2.93. The van der Waals surface area contributed by atoms with Crippen molar-refractivity contribution in [1.29, 1.82) is 0 Å². The fraction of sp³-hybridized carbons (Fsp3) is 0.789. The number of rotatable bonds is 9. The minimum Gasteiger partial charge on any atom is -0.357 e. The van der Waals surface area contributed by atoms with Gasteiger partial charge in [0.1, 0.15) is 0 Å². The highest BCUT2D eigenvalue weighted by atomic mass is 15.3. The maximum atomic E-state index is 4.81. The Morgan fingerprint density at radius 1 is 1.28 bits per heavy atom. The molecule has 0 saturated carbocycles. The van der Waals surface area contributed by atoms with Gasteiger partial charge in [-0.2, -0.15) is 5.10 Å². The molecular formula is C19H38N6. The number of aryl methyl sites for hydroxylation is 1. The molecule has 1 aromatic rings. The standard InChI is InChI=1S/C19H38N6/c1-9-16(5)23(6)12-11-21-19(20-10-2)24(7)13-17-14-25(8)22-18(17)15(3)4/h14-16H,9-13H2,1-8H3,(H,20,21). The summed E-state index contributed by atoms with van der Waals surface area (Å²) in [6.07, 6.45) is 3.28. The van der Waals surface area contributed by atoms with Gasteiger partial charge in [0.05, 0.1) is 12.2 Å². The molecule has 25 heavy (non-hydrogen) atoms. The molecule has 0 aliphatic carbocycles. The molecule has 1 rings (SSSR count). The van der Waals surface area contributed by atoms with E-state index in [1.54, 1.807) is 0 Å². The molecule has 1 heterocycles.